The predicted molar refractivity (Wildman–Crippen MR) is 70.2 cm³/mol. The van der Waals surface area contributed by atoms with Gasteiger partial charge in [-0.2, -0.15) is 5.10 Å². The van der Waals surface area contributed by atoms with Gasteiger partial charge in [0.1, 0.15) is 12.2 Å². The number of aromatic nitrogens is 3. The molecule has 0 spiro atoms. The molecule has 0 amide bonds. The Morgan fingerprint density at radius 3 is 2.94 bits per heavy atom. The van der Waals surface area contributed by atoms with Crippen molar-refractivity contribution in [2.24, 2.45) is 7.05 Å². The van der Waals surface area contributed by atoms with E-state index in [4.69, 9.17) is 0 Å². The minimum atomic E-state index is 0.327. The first-order valence-corrected chi connectivity index (χ1v) is 6.70. The van der Waals surface area contributed by atoms with Gasteiger partial charge in [-0.05, 0) is 30.5 Å². The summed E-state index contributed by atoms with van der Waals surface area (Å²) in [6, 6.07) is 2.54. The second-order valence-electron chi connectivity index (χ2n) is 4.01. The monoisotopic (exact) mass is 250 g/mol. The Hall–Kier alpha value is -1.20. The van der Waals surface area contributed by atoms with Crippen molar-refractivity contribution in [1.82, 2.24) is 20.1 Å². The summed E-state index contributed by atoms with van der Waals surface area (Å²) in [4.78, 5) is 5.70. The standard InChI is InChI=1S/C12H18N4S/c1-4-9-5-6-17-12(9)10(13-2)7-11-14-8-15-16(11)3/h5-6,8,10,13H,4,7H2,1-3H3. The van der Waals surface area contributed by atoms with Crippen LogP contribution in [-0.2, 0) is 19.9 Å². The predicted octanol–water partition coefficient (Wildman–Crippen LogP) is 1.94. The molecular formula is C12H18N4S. The molecule has 0 aliphatic carbocycles. The molecule has 4 nitrogen and oxygen atoms in total. The number of hydrogen-bond donors (Lipinski definition) is 1. The normalized spacial score (nSPS) is 12.9. The molecule has 0 bridgehead atoms. The second-order valence-corrected chi connectivity index (χ2v) is 4.96. The molecule has 0 fully saturated rings. The zero-order valence-electron chi connectivity index (χ0n) is 10.5. The van der Waals surface area contributed by atoms with E-state index in [0.717, 1.165) is 18.7 Å². The molecule has 0 saturated carbocycles. The molecule has 0 aromatic carbocycles. The van der Waals surface area contributed by atoms with Crippen molar-refractivity contribution >= 4 is 11.3 Å². The number of nitrogens with zero attached hydrogens (tertiary/aromatic N) is 3. The van der Waals surface area contributed by atoms with Gasteiger partial charge in [-0.25, -0.2) is 4.98 Å². The zero-order chi connectivity index (χ0) is 12.3. The number of aryl methyl sites for hydroxylation is 2. The Morgan fingerprint density at radius 1 is 1.53 bits per heavy atom. The fraction of sp³-hybridized carbons (Fsp3) is 0.500. The van der Waals surface area contributed by atoms with Gasteiger partial charge in [0.2, 0.25) is 0 Å². The lowest BCUT2D eigenvalue weighted by atomic mass is 10.1. The Kier molecular flexibility index (Phi) is 3.91. The highest BCUT2D eigenvalue weighted by Crippen LogP contribution is 2.26. The lowest BCUT2D eigenvalue weighted by Gasteiger charge is -2.15. The van der Waals surface area contributed by atoms with Crippen molar-refractivity contribution in [2.45, 2.75) is 25.8 Å². The molecular weight excluding hydrogens is 232 g/mol. The maximum Gasteiger partial charge on any atom is 0.138 e. The van der Waals surface area contributed by atoms with E-state index in [2.05, 4.69) is 33.8 Å². The fourth-order valence-corrected chi connectivity index (χ4v) is 3.07. The Bertz CT molecular complexity index is 474. The van der Waals surface area contributed by atoms with E-state index < -0.39 is 0 Å². The van der Waals surface area contributed by atoms with E-state index in [9.17, 15) is 0 Å². The van der Waals surface area contributed by atoms with Gasteiger partial charge in [-0.1, -0.05) is 6.92 Å². The molecule has 2 aromatic heterocycles. The highest BCUT2D eigenvalue weighted by molar-refractivity contribution is 7.10. The topological polar surface area (TPSA) is 42.7 Å². The van der Waals surface area contributed by atoms with Gasteiger partial charge >= 0.3 is 0 Å². The van der Waals surface area contributed by atoms with Gasteiger partial charge < -0.3 is 5.32 Å². The Labute approximate surface area is 106 Å². The number of likely N-dealkylation sites (N-methyl/N-ethyl adjacent to an activating group) is 1. The molecule has 92 valence electrons. The fourth-order valence-electron chi connectivity index (χ4n) is 1.96. The third kappa shape index (κ3) is 2.56. The first kappa shape index (κ1) is 12.3. The van der Waals surface area contributed by atoms with Crippen LogP contribution in [0.3, 0.4) is 0 Å². The number of nitrogens with one attached hydrogen (secondary N) is 1. The molecule has 2 aromatic rings. The molecule has 0 radical (unpaired) electrons. The summed E-state index contributed by atoms with van der Waals surface area (Å²) in [6.45, 7) is 2.20. The van der Waals surface area contributed by atoms with Gasteiger partial charge in [-0.3, -0.25) is 4.68 Å². The van der Waals surface area contributed by atoms with E-state index in [1.54, 1.807) is 6.33 Å². The van der Waals surface area contributed by atoms with Crippen molar-refractivity contribution in [3.8, 4) is 0 Å². The maximum absolute atomic E-state index is 4.29. The summed E-state index contributed by atoms with van der Waals surface area (Å²) < 4.78 is 1.84. The first-order valence-electron chi connectivity index (χ1n) is 5.82. The van der Waals surface area contributed by atoms with Crippen LogP contribution in [0.15, 0.2) is 17.8 Å². The van der Waals surface area contributed by atoms with Gasteiger partial charge in [0.25, 0.3) is 0 Å². The quantitative estimate of drug-likeness (QED) is 0.882. The SMILES string of the molecule is CCc1ccsc1C(Cc1ncnn1C)NC. The Morgan fingerprint density at radius 2 is 2.35 bits per heavy atom. The summed E-state index contributed by atoms with van der Waals surface area (Å²) >= 11 is 1.81. The van der Waals surface area contributed by atoms with E-state index in [1.807, 2.05) is 30.1 Å². The van der Waals surface area contributed by atoms with Crippen LogP contribution in [0.1, 0.15) is 29.2 Å². The van der Waals surface area contributed by atoms with Crippen molar-refractivity contribution in [1.29, 1.82) is 0 Å². The minimum Gasteiger partial charge on any atom is -0.312 e. The van der Waals surface area contributed by atoms with Crippen molar-refractivity contribution in [3.05, 3.63) is 34.0 Å². The summed E-state index contributed by atoms with van der Waals surface area (Å²) in [7, 11) is 3.93. The largest absolute Gasteiger partial charge is 0.312 e. The van der Waals surface area contributed by atoms with Gasteiger partial charge in [-0.15, -0.1) is 11.3 Å². The second kappa shape index (κ2) is 5.42. The van der Waals surface area contributed by atoms with Crippen LogP contribution in [0.25, 0.3) is 0 Å². The number of rotatable bonds is 5. The van der Waals surface area contributed by atoms with Gasteiger partial charge in [0.05, 0.1) is 0 Å². The molecule has 1 unspecified atom stereocenters. The average molecular weight is 250 g/mol. The third-order valence-electron chi connectivity index (χ3n) is 3.02. The molecule has 1 atom stereocenters. The lowest BCUT2D eigenvalue weighted by molar-refractivity contribution is 0.557. The highest BCUT2D eigenvalue weighted by Gasteiger charge is 2.17. The zero-order valence-corrected chi connectivity index (χ0v) is 11.3. The van der Waals surface area contributed by atoms with Crippen LogP contribution in [0.4, 0.5) is 0 Å². The van der Waals surface area contributed by atoms with Crippen molar-refractivity contribution in [2.75, 3.05) is 7.05 Å². The van der Waals surface area contributed by atoms with Crippen molar-refractivity contribution < 1.29 is 0 Å². The van der Waals surface area contributed by atoms with Gasteiger partial charge in [0.15, 0.2) is 0 Å². The molecule has 0 aliphatic rings. The van der Waals surface area contributed by atoms with E-state index in [-0.39, 0.29) is 0 Å². The van der Waals surface area contributed by atoms with Crippen LogP contribution in [0.2, 0.25) is 0 Å². The average Bonchev–Trinajstić information content (AvgIpc) is 2.95. The maximum atomic E-state index is 4.29. The number of hydrogen-bond acceptors (Lipinski definition) is 4. The summed E-state index contributed by atoms with van der Waals surface area (Å²) in [5.74, 6) is 1.01. The summed E-state index contributed by atoms with van der Waals surface area (Å²) in [5, 5.41) is 9.64. The first-order chi connectivity index (χ1) is 8.26. The van der Waals surface area contributed by atoms with Crippen LogP contribution >= 0.6 is 11.3 Å². The molecule has 17 heavy (non-hydrogen) atoms. The lowest BCUT2D eigenvalue weighted by Crippen LogP contribution is -2.20. The van der Waals surface area contributed by atoms with Crippen LogP contribution in [0.5, 0.6) is 0 Å². The molecule has 5 heteroatoms. The molecule has 0 aliphatic heterocycles. The van der Waals surface area contributed by atoms with Crippen LogP contribution < -0.4 is 5.32 Å². The minimum absolute atomic E-state index is 0.327. The highest BCUT2D eigenvalue weighted by atomic mass is 32.1. The third-order valence-corrected chi connectivity index (χ3v) is 4.09. The van der Waals surface area contributed by atoms with Crippen LogP contribution in [-0.4, -0.2) is 21.8 Å². The molecule has 2 rings (SSSR count). The molecule has 2 heterocycles. The Balaban J connectivity index is 2.20. The van der Waals surface area contributed by atoms with E-state index >= 15 is 0 Å². The smallest absolute Gasteiger partial charge is 0.138 e. The van der Waals surface area contributed by atoms with Gasteiger partial charge in [0, 0.05) is 24.4 Å². The summed E-state index contributed by atoms with van der Waals surface area (Å²) in [6.07, 6.45) is 3.56. The summed E-state index contributed by atoms with van der Waals surface area (Å²) in [5.41, 5.74) is 1.43. The van der Waals surface area contributed by atoms with Crippen molar-refractivity contribution in [3.63, 3.8) is 0 Å². The molecule has 0 saturated heterocycles. The van der Waals surface area contributed by atoms with Crippen LogP contribution in [0, 0.1) is 0 Å². The molecule has 1 N–H and O–H groups in total. The van der Waals surface area contributed by atoms with E-state index in [1.165, 1.54) is 10.4 Å². The van der Waals surface area contributed by atoms with E-state index in [0.29, 0.717) is 6.04 Å². The number of thiophene rings is 1.